The normalized spacial score (nSPS) is 35.3. The van der Waals surface area contributed by atoms with Crippen molar-refractivity contribution in [3.8, 4) is 0 Å². The highest BCUT2D eigenvalue weighted by atomic mass is 16.4. The molecule has 92 valence electrons. The molecule has 4 nitrogen and oxygen atoms in total. The zero-order valence-electron chi connectivity index (χ0n) is 10.0. The lowest BCUT2D eigenvalue weighted by atomic mass is 9.90. The summed E-state index contributed by atoms with van der Waals surface area (Å²) in [5.41, 5.74) is -0.691. The van der Waals surface area contributed by atoms with Crippen molar-refractivity contribution >= 4 is 5.97 Å². The average Bonchev–Trinajstić information content (AvgIpc) is 2.43. The highest BCUT2D eigenvalue weighted by Crippen LogP contribution is 2.37. The van der Waals surface area contributed by atoms with Gasteiger partial charge in [-0.3, -0.25) is 9.69 Å². The third-order valence-corrected chi connectivity index (χ3v) is 4.02. The van der Waals surface area contributed by atoms with E-state index >= 15 is 0 Å². The maximum atomic E-state index is 11.1. The van der Waals surface area contributed by atoms with Gasteiger partial charge in [0, 0.05) is 18.6 Å². The van der Waals surface area contributed by atoms with Gasteiger partial charge in [-0.05, 0) is 39.5 Å². The van der Waals surface area contributed by atoms with Crippen LogP contribution in [0.4, 0.5) is 0 Å². The molecule has 0 aliphatic carbocycles. The van der Waals surface area contributed by atoms with Crippen LogP contribution in [0.5, 0.6) is 0 Å². The van der Waals surface area contributed by atoms with E-state index in [9.17, 15) is 9.90 Å². The molecule has 0 radical (unpaired) electrons. The Kier molecular flexibility index (Phi) is 2.97. The molecule has 2 rings (SSSR count). The first-order valence-electron chi connectivity index (χ1n) is 6.07. The molecule has 2 unspecified atom stereocenters. The van der Waals surface area contributed by atoms with E-state index in [1.165, 1.54) is 0 Å². The number of piperidine rings is 1. The molecule has 16 heavy (non-hydrogen) atoms. The summed E-state index contributed by atoms with van der Waals surface area (Å²) in [5, 5.41) is 18.8. The molecule has 2 bridgehead atoms. The number of aliphatic carboxylic acids is 1. The molecular weight excluding hydrogens is 206 g/mol. The van der Waals surface area contributed by atoms with Crippen LogP contribution in [0.3, 0.4) is 0 Å². The third kappa shape index (κ3) is 2.09. The molecule has 0 amide bonds. The topological polar surface area (TPSA) is 60.8 Å². The zero-order valence-corrected chi connectivity index (χ0v) is 10.0. The minimum atomic E-state index is -0.738. The number of nitrogens with zero attached hydrogens (tertiary/aromatic N) is 1. The predicted molar refractivity (Wildman–Crippen MR) is 60.2 cm³/mol. The van der Waals surface area contributed by atoms with Crippen LogP contribution in [-0.4, -0.2) is 45.8 Å². The second-order valence-corrected chi connectivity index (χ2v) is 5.87. The Balaban J connectivity index is 2.04. The first kappa shape index (κ1) is 11.9. The molecule has 2 heterocycles. The van der Waals surface area contributed by atoms with Crippen LogP contribution in [0.2, 0.25) is 0 Å². The second-order valence-electron chi connectivity index (χ2n) is 5.87. The first-order valence-corrected chi connectivity index (χ1v) is 6.07. The molecule has 0 saturated carbocycles. The van der Waals surface area contributed by atoms with Crippen molar-refractivity contribution in [2.24, 2.45) is 5.41 Å². The van der Waals surface area contributed by atoms with Crippen LogP contribution in [0.25, 0.3) is 0 Å². The van der Waals surface area contributed by atoms with Crippen LogP contribution in [0.15, 0.2) is 0 Å². The van der Waals surface area contributed by atoms with Gasteiger partial charge in [0.15, 0.2) is 0 Å². The monoisotopic (exact) mass is 227 g/mol. The lowest BCUT2D eigenvalue weighted by molar-refractivity contribution is -0.148. The van der Waals surface area contributed by atoms with Crippen LogP contribution < -0.4 is 0 Å². The van der Waals surface area contributed by atoms with Crippen molar-refractivity contribution in [3.63, 3.8) is 0 Å². The Morgan fingerprint density at radius 1 is 1.31 bits per heavy atom. The summed E-state index contributed by atoms with van der Waals surface area (Å²) in [4.78, 5) is 13.4. The highest BCUT2D eigenvalue weighted by molar-refractivity contribution is 5.73. The van der Waals surface area contributed by atoms with Crippen molar-refractivity contribution < 1.29 is 15.0 Å². The summed E-state index contributed by atoms with van der Waals surface area (Å²) in [6.07, 6.45) is 3.66. The lowest BCUT2D eigenvalue weighted by Gasteiger charge is -2.40. The molecule has 2 aliphatic heterocycles. The fraction of sp³-hybridized carbons (Fsp3) is 0.917. The van der Waals surface area contributed by atoms with Crippen LogP contribution >= 0.6 is 0 Å². The van der Waals surface area contributed by atoms with Crippen LogP contribution in [0.1, 0.15) is 39.5 Å². The van der Waals surface area contributed by atoms with E-state index < -0.39 is 11.4 Å². The summed E-state index contributed by atoms with van der Waals surface area (Å²) < 4.78 is 0. The van der Waals surface area contributed by atoms with Gasteiger partial charge in [0.2, 0.25) is 0 Å². The van der Waals surface area contributed by atoms with Gasteiger partial charge in [0.25, 0.3) is 0 Å². The summed E-state index contributed by atoms with van der Waals surface area (Å²) in [6, 6.07) is 0.791. The number of hydrogen-bond donors (Lipinski definition) is 2. The van der Waals surface area contributed by atoms with E-state index in [4.69, 9.17) is 5.11 Å². The Hall–Kier alpha value is -0.610. The van der Waals surface area contributed by atoms with Crippen LogP contribution in [0, 0.1) is 5.41 Å². The standard InChI is InChI=1S/C12H21NO3/c1-12(2,11(15)16)7-13-8-3-4-9(13)6-10(14)5-8/h8-10,14H,3-7H2,1-2H3,(H,15,16). The summed E-state index contributed by atoms with van der Waals surface area (Å²) >= 11 is 0. The van der Waals surface area contributed by atoms with Gasteiger partial charge in [-0.25, -0.2) is 0 Å². The number of carboxylic acids is 1. The summed E-state index contributed by atoms with van der Waals surface area (Å²) in [5.74, 6) is -0.738. The molecule has 2 N–H and O–H groups in total. The maximum Gasteiger partial charge on any atom is 0.310 e. The smallest absolute Gasteiger partial charge is 0.310 e. The van der Waals surface area contributed by atoms with Gasteiger partial charge in [-0.15, -0.1) is 0 Å². The quantitative estimate of drug-likeness (QED) is 0.757. The Bertz CT molecular complexity index is 276. The van der Waals surface area contributed by atoms with Crippen molar-refractivity contribution in [3.05, 3.63) is 0 Å². The number of aliphatic hydroxyl groups excluding tert-OH is 1. The second kappa shape index (κ2) is 4.00. The lowest BCUT2D eigenvalue weighted by Crippen LogP contribution is -2.50. The fourth-order valence-corrected chi connectivity index (χ4v) is 3.03. The Morgan fingerprint density at radius 3 is 2.25 bits per heavy atom. The van der Waals surface area contributed by atoms with Crippen molar-refractivity contribution in [1.82, 2.24) is 4.90 Å². The zero-order chi connectivity index (χ0) is 11.9. The van der Waals surface area contributed by atoms with Gasteiger partial charge in [-0.1, -0.05) is 0 Å². The Labute approximate surface area is 96.3 Å². The van der Waals surface area contributed by atoms with Gasteiger partial charge in [0.1, 0.15) is 0 Å². The number of carbonyl (C=O) groups is 1. The van der Waals surface area contributed by atoms with E-state index in [2.05, 4.69) is 4.90 Å². The number of hydrogen-bond acceptors (Lipinski definition) is 3. The van der Waals surface area contributed by atoms with E-state index in [-0.39, 0.29) is 6.10 Å². The molecule has 0 spiro atoms. The van der Waals surface area contributed by atoms with Gasteiger partial charge in [0.05, 0.1) is 11.5 Å². The van der Waals surface area contributed by atoms with Gasteiger partial charge < -0.3 is 10.2 Å². The SMILES string of the molecule is CC(C)(CN1C2CCC1CC(O)C2)C(=O)O. The number of carboxylic acid groups (broad SMARTS) is 1. The maximum absolute atomic E-state index is 11.1. The molecule has 0 aromatic heterocycles. The molecular formula is C12H21NO3. The van der Waals surface area contributed by atoms with E-state index in [0.717, 1.165) is 25.7 Å². The van der Waals surface area contributed by atoms with Crippen molar-refractivity contribution in [2.45, 2.75) is 57.7 Å². The molecule has 2 fully saturated rings. The molecule has 2 saturated heterocycles. The van der Waals surface area contributed by atoms with Crippen molar-refractivity contribution in [2.75, 3.05) is 6.54 Å². The minimum Gasteiger partial charge on any atom is -0.481 e. The summed E-state index contributed by atoms with van der Waals surface area (Å²) in [6.45, 7) is 4.16. The molecule has 2 atom stereocenters. The molecule has 0 aromatic rings. The van der Waals surface area contributed by atoms with E-state index in [1.807, 2.05) is 0 Å². The first-order chi connectivity index (χ1) is 7.40. The van der Waals surface area contributed by atoms with E-state index in [1.54, 1.807) is 13.8 Å². The number of fused-ring (bicyclic) bond motifs is 2. The van der Waals surface area contributed by atoms with Crippen LogP contribution in [-0.2, 0) is 4.79 Å². The molecule has 4 heteroatoms. The third-order valence-electron chi connectivity index (χ3n) is 4.02. The predicted octanol–water partition coefficient (Wildman–Crippen LogP) is 1.08. The largest absolute Gasteiger partial charge is 0.481 e. The van der Waals surface area contributed by atoms with E-state index in [0.29, 0.717) is 18.6 Å². The Morgan fingerprint density at radius 2 is 1.81 bits per heavy atom. The highest BCUT2D eigenvalue weighted by Gasteiger charge is 2.43. The van der Waals surface area contributed by atoms with Crippen molar-refractivity contribution in [1.29, 1.82) is 0 Å². The average molecular weight is 227 g/mol. The fourth-order valence-electron chi connectivity index (χ4n) is 3.03. The van der Waals surface area contributed by atoms with Gasteiger partial charge >= 0.3 is 5.97 Å². The molecule has 2 aliphatic rings. The molecule has 0 aromatic carbocycles. The number of aliphatic hydroxyl groups is 1. The van der Waals surface area contributed by atoms with Gasteiger partial charge in [-0.2, -0.15) is 0 Å². The summed E-state index contributed by atoms with van der Waals surface area (Å²) in [7, 11) is 0. The minimum absolute atomic E-state index is 0.179. The number of rotatable bonds is 3.